The molecule has 1 heterocycles. The van der Waals surface area contributed by atoms with Crippen molar-refractivity contribution in [3.63, 3.8) is 0 Å². The zero-order valence-corrected chi connectivity index (χ0v) is 17.0. The molecule has 0 amide bonds. The van der Waals surface area contributed by atoms with Crippen LogP contribution in [-0.4, -0.2) is 42.3 Å². The minimum Gasteiger partial charge on any atom is -0.460 e. The molecule has 146 valence electrons. The molecule has 1 saturated heterocycles. The standard InChI is InChI=1S/C22H35NO3/c1-17(2)20(21(24)26-22(3,4)5)16-25-19-11-13-23(14-12-19)15-18-9-7-6-8-10-18/h6-10,17,19-20H,11-16H2,1-5H3/t20-/m0/s1. The Labute approximate surface area is 158 Å². The van der Waals surface area contributed by atoms with E-state index in [1.807, 2.05) is 20.8 Å². The van der Waals surface area contributed by atoms with E-state index in [9.17, 15) is 4.79 Å². The predicted molar refractivity (Wildman–Crippen MR) is 105 cm³/mol. The number of piperidine rings is 1. The largest absolute Gasteiger partial charge is 0.460 e. The van der Waals surface area contributed by atoms with E-state index < -0.39 is 5.60 Å². The molecule has 0 unspecified atom stereocenters. The van der Waals surface area contributed by atoms with Gasteiger partial charge < -0.3 is 9.47 Å². The monoisotopic (exact) mass is 361 g/mol. The van der Waals surface area contributed by atoms with Gasteiger partial charge in [0.25, 0.3) is 0 Å². The predicted octanol–water partition coefficient (Wildman–Crippen LogP) is 4.28. The van der Waals surface area contributed by atoms with Gasteiger partial charge in [-0.15, -0.1) is 0 Å². The van der Waals surface area contributed by atoms with Crippen molar-refractivity contribution in [3.8, 4) is 0 Å². The lowest BCUT2D eigenvalue weighted by Crippen LogP contribution is -2.39. The van der Waals surface area contributed by atoms with Crippen LogP contribution in [0.15, 0.2) is 30.3 Å². The number of ether oxygens (including phenoxy) is 2. The number of benzene rings is 1. The van der Waals surface area contributed by atoms with Gasteiger partial charge in [-0.3, -0.25) is 9.69 Å². The SMILES string of the molecule is CC(C)[C@H](COC1CCN(Cc2ccccc2)CC1)C(=O)OC(C)(C)C. The number of carbonyl (C=O) groups is 1. The number of hydrogen-bond acceptors (Lipinski definition) is 4. The van der Waals surface area contributed by atoms with Crippen LogP contribution >= 0.6 is 0 Å². The van der Waals surface area contributed by atoms with Crippen LogP contribution < -0.4 is 0 Å². The van der Waals surface area contributed by atoms with E-state index >= 15 is 0 Å². The van der Waals surface area contributed by atoms with Gasteiger partial charge in [-0.2, -0.15) is 0 Å². The van der Waals surface area contributed by atoms with Crippen LogP contribution in [0.3, 0.4) is 0 Å². The van der Waals surface area contributed by atoms with E-state index in [0.29, 0.717) is 6.61 Å². The van der Waals surface area contributed by atoms with Gasteiger partial charge in [-0.1, -0.05) is 44.2 Å². The molecular formula is C22H35NO3. The number of carbonyl (C=O) groups excluding carboxylic acids is 1. The third-order valence-corrected chi connectivity index (χ3v) is 4.81. The average Bonchev–Trinajstić information content (AvgIpc) is 2.55. The highest BCUT2D eigenvalue weighted by Crippen LogP contribution is 2.21. The molecule has 1 aliphatic rings. The van der Waals surface area contributed by atoms with Crippen molar-refractivity contribution in [1.82, 2.24) is 4.90 Å². The Balaban J connectivity index is 1.76. The first-order valence-electron chi connectivity index (χ1n) is 9.85. The summed E-state index contributed by atoms with van der Waals surface area (Å²) in [7, 11) is 0. The maximum atomic E-state index is 12.4. The molecule has 0 aliphatic carbocycles. The summed E-state index contributed by atoms with van der Waals surface area (Å²) in [6, 6.07) is 10.6. The Bertz CT molecular complexity index is 542. The van der Waals surface area contributed by atoms with Crippen LogP contribution in [-0.2, 0) is 20.8 Å². The summed E-state index contributed by atoms with van der Waals surface area (Å²) in [6.07, 6.45) is 2.28. The molecule has 0 bridgehead atoms. The average molecular weight is 362 g/mol. The van der Waals surface area contributed by atoms with Crippen molar-refractivity contribution in [2.45, 2.75) is 65.7 Å². The highest BCUT2D eigenvalue weighted by atomic mass is 16.6. The molecule has 26 heavy (non-hydrogen) atoms. The van der Waals surface area contributed by atoms with Crippen molar-refractivity contribution in [3.05, 3.63) is 35.9 Å². The van der Waals surface area contributed by atoms with E-state index in [1.165, 1.54) is 5.56 Å². The maximum Gasteiger partial charge on any atom is 0.312 e. The van der Waals surface area contributed by atoms with Gasteiger partial charge in [0.1, 0.15) is 5.60 Å². The first-order valence-corrected chi connectivity index (χ1v) is 9.85. The van der Waals surface area contributed by atoms with Crippen molar-refractivity contribution in [2.75, 3.05) is 19.7 Å². The summed E-state index contributed by atoms with van der Waals surface area (Å²) in [5, 5.41) is 0. The second kappa shape index (κ2) is 9.52. The van der Waals surface area contributed by atoms with Crippen LogP contribution in [0.2, 0.25) is 0 Å². The fourth-order valence-corrected chi connectivity index (χ4v) is 3.23. The van der Waals surface area contributed by atoms with Crippen molar-refractivity contribution in [2.24, 2.45) is 11.8 Å². The lowest BCUT2D eigenvalue weighted by molar-refractivity contribution is -0.165. The Kier molecular flexibility index (Phi) is 7.66. The van der Waals surface area contributed by atoms with E-state index in [4.69, 9.17) is 9.47 Å². The van der Waals surface area contributed by atoms with Gasteiger partial charge in [-0.25, -0.2) is 0 Å². The molecule has 2 rings (SSSR count). The first kappa shape index (κ1) is 20.9. The highest BCUT2D eigenvalue weighted by Gasteiger charge is 2.29. The van der Waals surface area contributed by atoms with Gasteiger partial charge in [0, 0.05) is 19.6 Å². The second-order valence-electron chi connectivity index (χ2n) is 8.68. The molecule has 4 heteroatoms. The highest BCUT2D eigenvalue weighted by molar-refractivity contribution is 5.73. The molecule has 1 aliphatic heterocycles. The van der Waals surface area contributed by atoms with E-state index in [0.717, 1.165) is 32.5 Å². The third kappa shape index (κ3) is 7.08. The smallest absolute Gasteiger partial charge is 0.312 e. The van der Waals surface area contributed by atoms with Crippen molar-refractivity contribution in [1.29, 1.82) is 0 Å². The second-order valence-corrected chi connectivity index (χ2v) is 8.68. The Morgan fingerprint density at radius 1 is 1.15 bits per heavy atom. The molecule has 0 saturated carbocycles. The summed E-state index contributed by atoms with van der Waals surface area (Å²) < 4.78 is 11.7. The fraction of sp³-hybridized carbons (Fsp3) is 0.682. The lowest BCUT2D eigenvalue weighted by atomic mass is 9.96. The van der Waals surface area contributed by atoms with Crippen molar-refractivity contribution < 1.29 is 14.3 Å². The van der Waals surface area contributed by atoms with Gasteiger partial charge in [-0.05, 0) is 45.1 Å². The van der Waals surface area contributed by atoms with Crippen LogP contribution in [0.5, 0.6) is 0 Å². The molecule has 1 aromatic rings. The summed E-state index contributed by atoms with van der Waals surface area (Å²) >= 11 is 0. The van der Waals surface area contributed by atoms with Crippen LogP contribution in [0.1, 0.15) is 53.0 Å². The minimum absolute atomic E-state index is 0.144. The maximum absolute atomic E-state index is 12.4. The third-order valence-electron chi connectivity index (χ3n) is 4.81. The summed E-state index contributed by atoms with van der Waals surface area (Å²) in [4.78, 5) is 14.9. The number of hydrogen-bond donors (Lipinski definition) is 0. The molecule has 0 N–H and O–H groups in total. The summed E-state index contributed by atoms with van der Waals surface area (Å²) in [6.45, 7) is 13.4. The normalized spacial score (nSPS) is 18.1. The van der Waals surface area contributed by atoms with Crippen LogP contribution in [0.4, 0.5) is 0 Å². The number of esters is 1. The minimum atomic E-state index is -0.451. The molecule has 1 aromatic carbocycles. The molecule has 0 aromatic heterocycles. The van der Waals surface area contributed by atoms with Gasteiger partial charge in [0.15, 0.2) is 0 Å². The van der Waals surface area contributed by atoms with Gasteiger partial charge >= 0.3 is 5.97 Å². The molecule has 0 spiro atoms. The number of likely N-dealkylation sites (tertiary alicyclic amines) is 1. The van der Waals surface area contributed by atoms with E-state index in [-0.39, 0.29) is 23.9 Å². The Morgan fingerprint density at radius 3 is 2.31 bits per heavy atom. The lowest BCUT2D eigenvalue weighted by Gasteiger charge is -2.33. The summed E-state index contributed by atoms with van der Waals surface area (Å²) in [5.41, 5.74) is 0.907. The molecular weight excluding hydrogens is 326 g/mol. The number of rotatable bonds is 7. The number of nitrogens with zero attached hydrogens (tertiary/aromatic N) is 1. The molecule has 1 atom stereocenters. The van der Waals surface area contributed by atoms with Crippen LogP contribution in [0, 0.1) is 11.8 Å². The van der Waals surface area contributed by atoms with Crippen LogP contribution in [0.25, 0.3) is 0 Å². The van der Waals surface area contributed by atoms with E-state index in [2.05, 4.69) is 49.1 Å². The Morgan fingerprint density at radius 2 is 1.77 bits per heavy atom. The van der Waals surface area contributed by atoms with E-state index in [1.54, 1.807) is 0 Å². The fourth-order valence-electron chi connectivity index (χ4n) is 3.23. The molecule has 0 radical (unpaired) electrons. The first-order chi connectivity index (χ1) is 12.2. The van der Waals surface area contributed by atoms with Gasteiger partial charge in [0.05, 0.1) is 18.6 Å². The summed E-state index contributed by atoms with van der Waals surface area (Å²) in [5.74, 6) is -0.131. The topological polar surface area (TPSA) is 38.8 Å². The quantitative estimate of drug-likeness (QED) is 0.680. The van der Waals surface area contributed by atoms with Crippen molar-refractivity contribution >= 4 is 5.97 Å². The molecule has 1 fully saturated rings. The zero-order valence-electron chi connectivity index (χ0n) is 17.0. The van der Waals surface area contributed by atoms with Gasteiger partial charge in [0.2, 0.25) is 0 Å². The zero-order chi connectivity index (χ0) is 19.2. The molecule has 4 nitrogen and oxygen atoms in total. The Hall–Kier alpha value is -1.39.